The number of sulfone groups is 1. The Balaban J connectivity index is 1.43. The van der Waals surface area contributed by atoms with Gasteiger partial charge in [-0.3, -0.25) is 9.59 Å². The van der Waals surface area contributed by atoms with E-state index in [2.05, 4.69) is 5.32 Å². The van der Waals surface area contributed by atoms with E-state index in [0.717, 1.165) is 53.6 Å². The number of pyridine rings is 1. The molecule has 0 aliphatic carbocycles. The fraction of sp³-hybridized carbons (Fsp3) is 0.304. The first-order valence-electron chi connectivity index (χ1n) is 10.4. The molecular weight excluding hydrogens is 457 g/mol. The number of nitrogens with one attached hydrogen (secondary N) is 1. The highest BCUT2D eigenvalue weighted by molar-refractivity contribution is 7.90. The van der Waals surface area contributed by atoms with Gasteiger partial charge in [-0.15, -0.1) is 0 Å². The van der Waals surface area contributed by atoms with E-state index in [0.29, 0.717) is 6.54 Å². The highest BCUT2D eigenvalue weighted by Gasteiger charge is 2.30. The molecule has 0 saturated heterocycles. The van der Waals surface area contributed by atoms with Crippen molar-refractivity contribution in [3.8, 4) is 0 Å². The fourth-order valence-electron chi connectivity index (χ4n) is 4.07. The summed E-state index contributed by atoms with van der Waals surface area (Å²) in [5, 5.41) is 3.21. The minimum atomic E-state index is -4.51. The molecule has 0 radical (unpaired) electrons. The monoisotopic (exact) mass is 478 g/mol. The van der Waals surface area contributed by atoms with Gasteiger partial charge in [0.15, 0.2) is 9.84 Å². The third-order valence-corrected chi connectivity index (χ3v) is 7.22. The predicted octanol–water partition coefficient (Wildman–Crippen LogP) is 3.31. The van der Waals surface area contributed by atoms with Gasteiger partial charge in [-0.2, -0.15) is 13.2 Å². The average Bonchev–Trinajstić information content (AvgIpc) is 2.76. The summed E-state index contributed by atoms with van der Waals surface area (Å²) >= 11 is 0. The van der Waals surface area contributed by atoms with Crippen LogP contribution >= 0.6 is 0 Å². The molecule has 0 bridgehead atoms. The summed E-state index contributed by atoms with van der Waals surface area (Å²) in [6.45, 7) is 0.303. The van der Waals surface area contributed by atoms with Crippen LogP contribution in [0.2, 0.25) is 0 Å². The van der Waals surface area contributed by atoms with Crippen LogP contribution in [0.1, 0.15) is 33.5 Å². The highest BCUT2D eigenvalue weighted by atomic mass is 32.2. The molecule has 1 amide bonds. The molecule has 0 spiro atoms. The molecule has 1 aliphatic rings. The fourth-order valence-corrected chi connectivity index (χ4v) is 5.31. The van der Waals surface area contributed by atoms with Crippen molar-refractivity contribution in [3.05, 3.63) is 81.1 Å². The Labute approximate surface area is 188 Å². The molecule has 174 valence electrons. The normalized spacial score (nSPS) is 13.8. The summed E-state index contributed by atoms with van der Waals surface area (Å²) in [5.74, 6) is -1.54. The zero-order valence-electron chi connectivity index (χ0n) is 17.5. The summed E-state index contributed by atoms with van der Waals surface area (Å²) < 4.78 is 64.7. The van der Waals surface area contributed by atoms with E-state index in [1.165, 1.54) is 0 Å². The Bertz CT molecular complexity index is 1380. The van der Waals surface area contributed by atoms with E-state index in [9.17, 15) is 31.2 Å². The highest BCUT2D eigenvalue weighted by Crippen LogP contribution is 2.29. The molecule has 1 aromatic heterocycles. The molecule has 2 heterocycles. The SMILES string of the molecule is O=C(NCCS(=O)(=O)Cc1cc2cccc3c2n(c1=O)CCC3)c1ccc(C(F)(F)F)cc1. The number of rotatable bonds is 6. The molecule has 1 aliphatic heterocycles. The van der Waals surface area contributed by atoms with Crippen molar-refractivity contribution in [2.24, 2.45) is 0 Å². The summed E-state index contributed by atoms with van der Waals surface area (Å²) in [6.07, 6.45) is -2.84. The largest absolute Gasteiger partial charge is 0.416 e. The molecule has 3 aromatic rings. The molecule has 1 N–H and O–H groups in total. The molecule has 6 nitrogen and oxygen atoms in total. The lowest BCUT2D eigenvalue weighted by molar-refractivity contribution is -0.137. The summed E-state index contributed by atoms with van der Waals surface area (Å²) in [6, 6.07) is 10.9. The van der Waals surface area contributed by atoms with Gasteiger partial charge >= 0.3 is 6.18 Å². The maximum atomic E-state index is 12.9. The summed E-state index contributed by atoms with van der Waals surface area (Å²) in [4.78, 5) is 25.0. The van der Waals surface area contributed by atoms with E-state index < -0.39 is 39.0 Å². The number of amides is 1. The Morgan fingerprint density at radius 3 is 2.52 bits per heavy atom. The number of nitrogens with zero attached hydrogens (tertiary/aromatic N) is 1. The third-order valence-electron chi connectivity index (χ3n) is 5.65. The lowest BCUT2D eigenvalue weighted by atomic mass is 10.0. The third kappa shape index (κ3) is 4.95. The van der Waals surface area contributed by atoms with Crippen LogP contribution in [0.4, 0.5) is 13.2 Å². The molecule has 0 saturated carbocycles. The number of hydrogen-bond donors (Lipinski definition) is 1. The van der Waals surface area contributed by atoms with Crippen LogP contribution < -0.4 is 10.9 Å². The van der Waals surface area contributed by atoms with Crippen molar-refractivity contribution < 1.29 is 26.4 Å². The second-order valence-corrected chi connectivity index (χ2v) is 10.2. The number of benzene rings is 2. The Morgan fingerprint density at radius 1 is 1.09 bits per heavy atom. The van der Waals surface area contributed by atoms with Crippen molar-refractivity contribution in [1.82, 2.24) is 9.88 Å². The van der Waals surface area contributed by atoms with E-state index in [4.69, 9.17) is 0 Å². The zero-order valence-corrected chi connectivity index (χ0v) is 18.3. The van der Waals surface area contributed by atoms with Crippen LogP contribution in [-0.2, 0) is 34.7 Å². The summed E-state index contributed by atoms with van der Waals surface area (Å²) in [5.41, 5.74) is 0.870. The number of alkyl halides is 3. The van der Waals surface area contributed by atoms with Crippen LogP contribution in [0.15, 0.2) is 53.3 Å². The molecule has 4 rings (SSSR count). The van der Waals surface area contributed by atoms with Crippen LogP contribution in [0.5, 0.6) is 0 Å². The van der Waals surface area contributed by atoms with Gasteiger partial charge in [-0.05, 0) is 54.1 Å². The first-order chi connectivity index (χ1) is 15.5. The minimum Gasteiger partial charge on any atom is -0.351 e. The molecule has 2 aromatic carbocycles. The minimum absolute atomic E-state index is 0.0110. The Hall–Kier alpha value is -3.14. The second-order valence-electron chi connectivity index (χ2n) is 8.01. The number of aryl methyl sites for hydroxylation is 2. The van der Waals surface area contributed by atoms with E-state index >= 15 is 0 Å². The predicted molar refractivity (Wildman–Crippen MR) is 118 cm³/mol. The zero-order chi connectivity index (χ0) is 23.8. The lowest BCUT2D eigenvalue weighted by Gasteiger charge is -2.20. The lowest BCUT2D eigenvalue weighted by Crippen LogP contribution is -2.32. The molecule has 0 fully saturated rings. The number of carbonyl (C=O) groups excluding carboxylic acids is 1. The number of halogens is 3. The standard InChI is InChI=1S/C23H21F3N2O4S/c24-23(25,26)19-8-6-16(7-9-19)21(29)27-10-12-33(31,32)14-18-13-17-4-1-3-15-5-2-11-28(20(15)17)22(18)30/h1,3-4,6-9,13H,2,5,10-12,14H2,(H,27,29). The first kappa shape index (κ1) is 23.0. The van der Waals surface area contributed by atoms with Gasteiger partial charge in [0.25, 0.3) is 11.5 Å². The molecule has 10 heteroatoms. The molecular formula is C23H21F3N2O4S. The Kier molecular flexibility index (Phi) is 6.04. The second kappa shape index (κ2) is 8.66. The number of carbonyl (C=O) groups is 1. The first-order valence-corrected chi connectivity index (χ1v) is 12.2. The number of hydrogen-bond acceptors (Lipinski definition) is 4. The van der Waals surface area contributed by atoms with Crippen LogP contribution in [-0.4, -0.2) is 31.2 Å². The van der Waals surface area contributed by atoms with Gasteiger partial charge in [0, 0.05) is 24.2 Å². The van der Waals surface area contributed by atoms with E-state index in [1.54, 1.807) is 10.6 Å². The molecule has 33 heavy (non-hydrogen) atoms. The van der Waals surface area contributed by atoms with Crippen LogP contribution in [0.3, 0.4) is 0 Å². The van der Waals surface area contributed by atoms with Crippen molar-refractivity contribution in [2.75, 3.05) is 12.3 Å². The molecule has 0 unspecified atom stereocenters. The summed E-state index contributed by atoms with van der Waals surface area (Å²) in [7, 11) is -3.72. The number of aromatic nitrogens is 1. The van der Waals surface area contributed by atoms with Crippen molar-refractivity contribution in [3.63, 3.8) is 0 Å². The smallest absolute Gasteiger partial charge is 0.351 e. The number of para-hydroxylation sites is 1. The quantitative estimate of drug-likeness (QED) is 0.589. The topological polar surface area (TPSA) is 85.2 Å². The van der Waals surface area contributed by atoms with Gasteiger partial charge < -0.3 is 9.88 Å². The van der Waals surface area contributed by atoms with Gasteiger partial charge in [-0.1, -0.05) is 18.2 Å². The van der Waals surface area contributed by atoms with Crippen LogP contribution in [0, 0.1) is 0 Å². The van der Waals surface area contributed by atoms with Gasteiger partial charge in [0.05, 0.1) is 22.6 Å². The van der Waals surface area contributed by atoms with E-state index in [1.807, 2.05) is 18.2 Å². The van der Waals surface area contributed by atoms with Gasteiger partial charge in [0.2, 0.25) is 0 Å². The van der Waals surface area contributed by atoms with Gasteiger partial charge in [0.1, 0.15) is 0 Å². The van der Waals surface area contributed by atoms with Crippen LogP contribution in [0.25, 0.3) is 10.9 Å². The molecule has 0 atom stereocenters. The maximum absolute atomic E-state index is 12.9. The van der Waals surface area contributed by atoms with E-state index in [-0.39, 0.29) is 23.2 Å². The van der Waals surface area contributed by atoms with Gasteiger partial charge in [-0.25, -0.2) is 8.42 Å². The van der Waals surface area contributed by atoms with Crippen molar-refractivity contribution in [2.45, 2.75) is 31.3 Å². The Morgan fingerprint density at radius 2 is 1.82 bits per heavy atom. The average molecular weight is 478 g/mol. The van der Waals surface area contributed by atoms with Crippen molar-refractivity contribution in [1.29, 1.82) is 0 Å². The maximum Gasteiger partial charge on any atom is 0.416 e. The van der Waals surface area contributed by atoms with Crippen molar-refractivity contribution >= 4 is 26.6 Å².